The summed E-state index contributed by atoms with van der Waals surface area (Å²) in [5, 5.41) is 0. The molecule has 0 saturated carbocycles. The molecule has 0 N–H and O–H groups in total. The number of hydrogen-bond donors (Lipinski definition) is 0. The molecule has 1 aromatic heterocycles. The highest BCUT2D eigenvalue weighted by Gasteiger charge is 2.29. The van der Waals surface area contributed by atoms with Crippen LogP contribution >= 0.6 is 0 Å². The minimum absolute atomic E-state index is 0.224. The first-order valence-electron chi connectivity index (χ1n) is 8.89. The SMILES string of the molecule is COc1ccc(S(=O)(=O)N2CCN(CCc3ccccn3)CC2)cc1OC. The van der Waals surface area contributed by atoms with Gasteiger partial charge in [0.05, 0.1) is 19.1 Å². The molecule has 8 heteroatoms. The second kappa shape index (κ2) is 8.69. The van der Waals surface area contributed by atoms with Crippen molar-refractivity contribution in [2.75, 3.05) is 46.9 Å². The van der Waals surface area contributed by atoms with E-state index < -0.39 is 10.0 Å². The van der Waals surface area contributed by atoms with Gasteiger partial charge in [-0.3, -0.25) is 4.98 Å². The molecule has 0 atom stereocenters. The first kappa shape index (κ1) is 19.6. The summed E-state index contributed by atoms with van der Waals surface area (Å²) in [5.74, 6) is 0.920. The molecular weight excluding hydrogens is 366 g/mol. The quantitative estimate of drug-likeness (QED) is 0.715. The van der Waals surface area contributed by atoms with Crippen molar-refractivity contribution in [3.8, 4) is 11.5 Å². The van der Waals surface area contributed by atoms with E-state index >= 15 is 0 Å². The number of pyridine rings is 1. The molecule has 0 amide bonds. The number of methoxy groups -OCH3 is 2. The molecule has 0 unspecified atom stereocenters. The number of piperazine rings is 1. The standard InChI is InChI=1S/C19H25N3O4S/c1-25-18-7-6-17(15-19(18)26-2)27(23,24)22-13-11-21(12-14-22)10-8-16-5-3-4-9-20-16/h3-7,9,15H,8,10-14H2,1-2H3. The van der Waals surface area contributed by atoms with Gasteiger partial charge < -0.3 is 14.4 Å². The third-order valence-electron chi connectivity index (χ3n) is 4.73. The fourth-order valence-electron chi connectivity index (χ4n) is 3.14. The third-order valence-corrected chi connectivity index (χ3v) is 6.63. The summed E-state index contributed by atoms with van der Waals surface area (Å²) in [7, 11) is -0.533. The monoisotopic (exact) mass is 391 g/mol. The predicted octanol–water partition coefficient (Wildman–Crippen LogP) is 1.65. The van der Waals surface area contributed by atoms with E-state index in [2.05, 4.69) is 9.88 Å². The summed E-state index contributed by atoms with van der Waals surface area (Å²) in [6.45, 7) is 3.23. The predicted molar refractivity (Wildman–Crippen MR) is 103 cm³/mol. The molecule has 0 radical (unpaired) electrons. The first-order chi connectivity index (χ1) is 13.0. The zero-order valence-corrected chi connectivity index (χ0v) is 16.5. The Hall–Kier alpha value is -2.16. The Bertz CT molecular complexity index is 851. The molecule has 1 aliphatic rings. The summed E-state index contributed by atoms with van der Waals surface area (Å²) in [6, 6.07) is 10.6. The Morgan fingerprint density at radius 2 is 1.74 bits per heavy atom. The second-order valence-electron chi connectivity index (χ2n) is 6.33. The van der Waals surface area contributed by atoms with Gasteiger partial charge in [-0.25, -0.2) is 8.42 Å². The maximum atomic E-state index is 12.9. The highest BCUT2D eigenvalue weighted by atomic mass is 32.2. The van der Waals surface area contributed by atoms with Crippen molar-refractivity contribution in [2.45, 2.75) is 11.3 Å². The smallest absolute Gasteiger partial charge is 0.243 e. The Morgan fingerprint density at radius 1 is 1.00 bits per heavy atom. The largest absolute Gasteiger partial charge is 0.493 e. The molecule has 1 aliphatic heterocycles. The van der Waals surface area contributed by atoms with Crippen LogP contribution in [0.25, 0.3) is 0 Å². The lowest BCUT2D eigenvalue weighted by atomic mass is 10.2. The van der Waals surface area contributed by atoms with E-state index in [-0.39, 0.29) is 4.90 Å². The summed E-state index contributed by atoms with van der Waals surface area (Å²) >= 11 is 0. The van der Waals surface area contributed by atoms with Crippen LogP contribution in [0.4, 0.5) is 0 Å². The lowest BCUT2D eigenvalue weighted by Gasteiger charge is -2.34. The Kier molecular flexibility index (Phi) is 6.30. The van der Waals surface area contributed by atoms with E-state index in [9.17, 15) is 8.42 Å². The fourth-order valence-corrected chi connectivity index (χ4v) is 4.58. The lowest BCUT2D eigenvalue weighted by Crippen LogP contribution is -2.49. The molecule has 27 heavy (non-hydrogen) atoms. The zero-order valence-electron chi connectivity index (χ0n) is 15.7. The maximum absolute atomic E-state index is 12.9. The molecule has 1 fully saturated rings. The van der Waals surface area contributed by atoms with Crippen molar-refractivity contribution in [3.05, 3.63) is 48.3 Å². The van der Waals surface area contributed by atoms with Gasteiger partial charge in [-0.2, -0.15) is 4.31 Å². The summed E-state index contributed by atoms with van der Waals surface area (Å²) in [5.41, 5.74) is 1.05. The molecule has 1 saturated heterocycles. The lowest BCUT2D eigenvalue weighted by molar-refractivity contribution is 0.189. The fraction of sp³-hybridized carbons (Fsp3) is 0.421. The topological polar surface area (TPSA) is 72.0 Å². The Balaban J connectivity index is 1.61. The molecule has 2 heterocycles. The van der Waals surface area contributed by atoms with E-state index in [4.69, 9.17) is 9.47 Å². The molecule has 0 spiro atoms. The van der Waals surface area contributed by atoms with Crippen LogP contribution in [0.15, 0.2) is 47.5 Å². The highest BCUT2D eigenvalue weighted by molar-refractivity contribution is 7.89. The average Bonchev–Trinajstić information content (AvgIpc) is 2.72. The van der Waals surface area contributed by atoms with Crippen LogP contribution in [0.5, 0.6) is 11.5 Å². The van der Waals surface area contributed by atoms with E-state index in [1.807, 2.05) is 18.2 Å². The van der Waals surface area contributed by atoms with E-state index in [1.54, 1.807) is 18.3 Å². The van der Waals surface area contributed by atoms with Crippen molar-refractivity contribution in [2.24, 2.45) is 0 Å². The van der Waals surface area contributed by atoms with Gasteiger partial charge in [0.25, 0.3) is 0 Å². The van der Waals surface area contributed by atoms with Crippen LogP contribution in [0.1, 0.15) is 5.69 Å². The van der Waals surface area contributed by atoms with Crippen molar-refractivity contribution in [1.29, 1.82) is 0 Å². The normalized spacial score (nSPS) is 16.2. The van der Waals surface area contributed by atoms with Gasteiger partial charge in [0.15, 0.2) is 11.5 Å². The maximum Gasteiger partial charge on any atom is 0.243 e. The van der Waals surface area contributed by atoms with Gasteiger partial charge >= 0.3 is 0 Å². The van der Waals surface area contributed by atoms with Crippen LogP contribution in [-0.4, -0.2) is 69.6 Å². The first-order valence-corrected chi connectivity index (χ1v) is 10.3. The van der Waals surface area contributed by atoms with Crippen LogP contribution < -0.4 is 9.47 Å². The summed E-state index contributed by atoms with van der Waals surface area (Å²) in [6.07, 6.45) is 2.66. The van der Waals surface area contributed by atoms with Crippen LogP contribution in [0, 0.1) is 0 Å². The van der Waals surface area contributed by atoms with E-state index in [1.165, 1.54) is 24.6 Å². The van der Waals surface area contributed by atoms with Crippen molar-refractivity contribution in [1.82, 2.24) is 14.2 Å². The molecule has 0 aliphatic carbocycles. The Labute approximate surface area is 160 Å². The number of nitrogens with zero attached hydrogens (tertiary/aromatic N) is 3. The number of aromatic nitrogens is 1. The number of rotatable bonds is 7. The minimum atomic E-state index is -3.55. The van der Waals surface area contributed by atoms with Crippen LogP contribution in [0.3, 0.4) is 0 Å². The van der Waals surface area contributed by atoms with Gasteiger partial charge in [0, 0.05) is 57.1 Å². The number of benzene rings is 1. The molecule has 1 aromatic carbocycles. The minimum Gasteiger partial charge on any atom is -0.493 e. The molecule has 2 aromatic rings. The van der Waals surface area contributed by atoms with Gasteiger partial charge in [-0.05, 0) is 24.3 Å². The van der Waals surface area contributed by atoms with Crippen LogP contribution in [0.2, 0.25) is 0 Å². The number of ether oxygens (including phenoxy) is 2. The van der Waals surface area contributed by atoms with Crippen molar-refractivity contribution in [3.63, 3.8) is 0 Å². The van der Waals surface area contributed by atoms with E-state index in [0.717, 1.165) is 18.7 Å². The summed E-state index contributed by atoms with van der Waals surface area (Å²) in [4.78, 5) is 6.83. The van der Waals surface area contributed by atoms with Gasteiger partial charge in [-0.15, -0.1) is 0 Å². The highest BCUT2D eigenvalue weighted by Crippen LogP contribution is 2.30. The van der Waals surface area contributed by atoms with Gasteiger partial charge in [-0.1, -0.05) is 6.07 Å². The number of sulfonamides is 1. The van der Waals surface area contributed by atoms with Crippen LogP contribution in [-0.2, 0) is 16.4 Å². The summed E-state index contributed by atoms with van der Waals surface area (Å²) < 4.78 is 37.8. The zero-order chi connectivity index (χ0) is 19.3. The third kappa shape index (κ3) is 4.58. The van der Waals surface area contributed by atoms with E-state index in [0.29, 0.717) is 37.7 Å². The Morgan fingerprint density at radius 3 is 2.37 bits per heavy atom. The molecular formula is C19H25N3O4S. The second-order valence-corrected chi connectivity index (χ2v) is 8.27. The van der Waals surface area contributed by atoms with Crippen molar-refractivity contribution >= 4 is 10.0 Å². The molecule has 146 valence electrons. The molecule has 3 rings (SSSR count). The molecule has 7 nitrogen and oxygen atoms in total. The van der Waals surface area contributed by atoms with Gasteiger partial charge in [0.1, 0.15) is 0 Å². The van der Waals surface area contributed by atoms with Crippen molar-refractivity contribution < 1.29 is 17.9 Å². The van der Waals surface area contributed by atoms with Gasteiger partial charge in [0.2, 0.25) is 10.0 Å². The molecule has 0 bridgehead atoms. The number of hydrogen-bond acceptors (Lipinski definition) is 6. The average molecular weight is 391 g/mol.